The van der Waals surface area contributed by atoms with Crippen LogP contribution in [0.15, 0.2) is 0 Å². The van der Waals surface area contributed by atoms with Crippen molar-refractivity contribution in [1.29, 1.82) is 0 Å². The minimum atomic E-state index is -0.918. The standard InChI is InChI=1S/C7H13N3O2/c8-7(12)6(11)5(10-9)3-4-1-2-4/h4-5,10H,1-3,9H2,(H2,8,12). The number of amides is 1. The van der Waals surface area contributed by atoms with Gasteiger partial charge in [-0.15, -0.1) is 0 Å². The van der Waals surface area contributed by atoms with Gasteiger partial charge in [0.05, 0.1) is 6.04 Å². The summed E-state index contributed by atoms with van der Waals surface area (Å²) in [5.74, 6) is 4.11. The van der Waals surface area contributed by atoms with Crippen LogP contribution < -0.4 is 17.0 Å². The van der Waals surface area contributed by atoms with E-state index in [1.807, 2.05) is 0 Å². The van der Waals surface area contributed by atoms with Gasteiger partial charge in [-0.25, -0.2) is 5.43 Å². The lowest BCUT2D eigenvalue weighted by molar-refractivity contribution is -0.137. The fraction of sp³-hybridized carbons (Fsp3) is 0.714. The molecular weight excluding hydrogens is 158 g/mol. The predicted octanol–water partition coefficient (Wildman–Crippen LogP) is -1.33. The molecule has 1 saturated carbocycles. The normalized spacial score (nSPS) is 18.8. The maximum Gasteiger partial charge on any atom is 0.286 e. The van der Waals surface area contributed by atoms with Crippen LogP contribution in [0.5, 0.6) is 0 Å². The molecule has 68 valence electrons. The van der Waals surface area contributed by atoms with Crippen LogP contribution in [0.4, 0.5) is 0 Å². The molecule has 1 aliphatic rings. The minimum Gasteiger partial charge on any atom is -0.363 e. The Labute approximate surface area is 70.4 Å². The lowest BCUT2D eigenvalue weighted by Crippen LogP contribution is -2.46. The second-order valence-corrected chi connectivity index (χ2v) is 3.13. The zero-order valence-corrected chi connectivity index (χ0v) is 6.75. The van der Waals surface area contributed by atoms with E-state index in [1.54, 1.807) is 0 Å². The van der Waals surface area contributed by atoms with Gasteiger partial charge in [0.1, 0.15) is 0 Å². The lowest BCUT2D eigenvalue weighted by atomic mass is 10.1. The largest absolute Gasteiger partial charge is 0.363 e. The molecule has 1 fully saturated rings. The van der Waals surface area contributed by atoms with E-state index in [0.717, 1.165) is 12.8 Å². The van der Waals surface area contributed by atoms with Crippen molar-refractivity contribution in [2.75, 3.05) is 0 Å². The summed E-state index contributed by atoms with van der Waals surface area (Å²) in [6, 6.07) is -0.588. The number of hydrogen-bond acceptors (Lipinski definition) is 4. The second kappa shape index (κ2) is 3.64. The van der Waals surface area contributed by atoms with Gasteiger partial charge in [0.25, 0.3) is 5.91 Å². The number of hydrogen-bond donors (Lipinski definition) is 3. The highest BCUT2D eigenvalue weighted by Crippen LogP contribution is 2.33. The summed E-state index contributed by atoms with van der Waals surface area (Å²) >= 11 is 0. The number of carbonyl (C=O) groups is 2. The smallest absolute Gasteiger partial charge is 0.286 e. The Bertz CT molecular complexity index is 201. The maximum atomic E-state index is 11.0. The number of carbonyl (C=O) groups excluding carboxylic acids is 2. The zero-order chi connectivity index (χ0) is 9.14. The van der Waals surface area contributed by atoms with E-state index in [-0.39, 0.29) is 0 Å². The zero-order valence-electron chi connectivity index (χ0n) is 6.75. The quantitative estimate of drug-likeness (QED) is 0.271. The summed E-state index contributed by atoms with van der Waals surface area (Å²) in [6.07, 6.45) is 2.85. The van der Waals surface area contributed by atoms with Crippen molar-refractivity contribution in [3.05, 3.63) is 0 Å². The number of hydrazine groups is 1. The van der Waals surface area contributed by atoms with E-state index in [2.05, 4.69) is 5.43 Å². The summed E-state index contributed by atoms with van der Waals surface area (Å²) in [5, 5.41) is 0. The number of primary amides is 1. The topological polar surface area (TPSA) is 98.2 Å². The molecule has 0 aliphatic heterocycles. The van der Waals surface area contributed by atoms with Crippen LogP contribution in [0, 0.1) is 5.92 Å². The van der Waals surface area contributed by atoms with Gasteiger partial charge in [0.15, 0.2) is 0 Å². The Balaban J connectivity index is 2.41. The number of Topliss-reactive ketones (excluding diaryl/α,β-unsaturated/α-hetero) is 1. The van der Waals surface area contributed by atoms with Gasteiger partial charge in [0.2, 0.25) is 5.78 Å². The van der Waals surface area contributed by atoms with Crippen LogP contribution in [0.2, 0.25) is 0 Å². The number of rotatable bonds is 5. The van der Waals surface area contributed by atoms with E-state index < -0.39 is 17.7 Å². The summed E-state index contributed by atoms with van der Waals surface area (Å²) in [6.45, 7) is 0. The maximum absolute atomic E-state index is 11.0. The van der Waals surface area contributed by atoms with Crippen molar-refractivity contribution >= 4 is 11.7 Å². The Morgan fingerprint density at radius 2 is 2.08 bits per heavy atom. The third-order valence-electron chi connectivity index (χ3n) is 2.03. The SMILES string of the molecule is NNC(CC1CC1)C(=O)C(N)=O. The summed E-state index contributed by atoms with van der Waals surface area (Å²) in [4.78, 5) is 21.5. The predicted molar refractivity (Wildman–Crippen MR) is 42.7 cm³/mol. The highest BCUT2D eigenvalue weighted by Gasteiger charge is 2.30. The number of nitrogens with two attached hydrogens (primary N) is 2. The first-order valence-corrected chi connectivity index (χ1v) is 3.95. The third-order valence-corrected chi connectivity index (χ3v) is 2.03. The van der Waals surface area contributed by atoms with Crippen molar-refractivity contribution in [1.82, 2.24) is 5.43 Å². The van der Waals surface area contributed by atoms with Crippen molar-refractivity contribution in [2.24, 2.45) is 17.5 Å². The molecule has 1 unspecified atom stereocenters. The molecule has 0 radical (unpaired) electrons. The first-order valence-electron chi connectivity index (χ1n) is 3.95. The first kappa shape index (κ1) is 9.15. The van der Waals surface area contributed by atoms with Crippen molar-refractivity contribution in [2.45, 2.75) is 25.3 Å². The molecule has 0 saturated heterocycles. The molecule has 0 heterocycles. The summed E-state index contributed by atoms with van der Waals surface area (Å²) in [5.41, 5.74) is 7.13. The molecule has 0 bridgehead atoms. The van der Waals surface area contributed by atoms with Crippen LogP contribution in [0.3, 0.4) is 0 Å². The molecule has 0 aromatic carbocycles. The van der Waals surface area contributed by atoms with Gasteiger partial charge in [-0.3, -0.25) is 15.4 Å². The van der Waals surface area contributed by atoms with E-state index in [1.165, 1.54) is 0 Å². The lowest BCUT2D eigenvalue weighted by Gasteiger charge is -2.10. The Morgan fingerprint density at radius 1 is 1.50 bits per heavy atom. The molecular formula is C7H13N3O2. The van der Waals surface area contributed by atoms with Crippen LogP contribution in [0.1, 0.15) is 19.3 Å². The molecule has 1 aliphatic carbocycles. The van der Waals surface area contributed by atoms with Gasteiger partial charge in [0, 0.05) is 0 Å². The van der Waals surface area contributed by atoms with Crippen molar-refractivity contribution in [3.8, 4) is 0 Å². The Morgan fingerprint density at radius 3 is 2.42 bits per heavy atom. The van der Waals surface area contributed by atoms with Crippen LogP contribution in [0.25, 0.3) is 0 Å². The third kappa shape index (κ3) is 2.28. The summed E-state index contributed by atoms with van der Waals surface area (Å²) in [7, 11) is 0. The van der Waals surface area contributed by atoms with E-state index >= 15 is 0 Å². The van der Waals surface area contributed by atoms with E-state index in [0.29, 0.717) is 12.3 Å². The molecule has 5 heteroatoms. The van der Waals surface area contributed by atoms with Crippen LogP contribution in [-0.2, 0) is 9.59 Å². The van der Waals surface area contributed by atoms with Crippen LogP contribution >= 0.6 is 0 Å². The Kier molecular flexibility index (Phi) is 2.78. The number of ketones is 1. The monoisotopic (exact) mass is 171 g/mol. The molecule has 0 aromatic heterocycles. The van der Waals surface area contributed by atoms with Gasteiger partial charge in [-0.1, -0.05) is 12.8 Å². The van der Waals surface area contributed by atoms with Gasteiger partial charge >= 0.3 is 0 Å². The molecule has 0 spiro atoms. The summed E-state index contributed by atoms with van der Waals surface area (Å²) < 4.78 is 0. The molecule has 5 N–H and O–H groups in total. The fourth-order valence-corrected chi connectivity index (χ4v) is 1.11. The van der Waals surface area contributed by atoms with E-state index in [4.69, 9.17) is 11.6 Å². The van der Waals surface area contributed by atoms with Crippen LogP contribution in [-0.4, -0.2) is 17.7 Å². The Hall–Kier alpha value is -0.940. The first-order chi connectivity index (χ1) is 5.65. The van der Waals surface area contributed by atoms with Gasteiger partial charge in [-0.2, -0.15) is 0 Å². The molecule has 5 nitrogen and oxygen atoms in total. The highest BCUT2D eigenvalue weighted by molar-refractivity contribution is 6.37. The minimum absolute atomic E-state index is 0.536. The highest BCUT2D eigenvalue weighted by atomic mass is 16.2. The average Bonchev–Trinajstić information content (AvgIpc) is 2.82. The number of nitrogens with one attached hydrogen (secondary N) is 1. The fourth-order valence-electron chi connectivity index (χ4n) is 1.11. The molecule has 0 aromatic rings. The van der Waals surface area contributed by atoms with Crippen molar-refractivity contribution < 1.29 is 9.59 Å². The molecule has 1 atom stereocenters. The average molecular weight is 171 g/mol. The second-order valence-electron chi connectivity index (χ2n) is 3.13. The van der Waals surface area contributed by atoms with Gasteiger partial charge in [-0.05, 0) is 12.3 Å². The van der Waals surface area contributed by atoms with E-state index in [9.17, 15) is 9.59 Å². The van der Waals surface area contributed by atoms with Gasteiger partial charge < -0.3 is 5.73 Å². The molecule has 12 heavy (non-hydrogen) atoms. The van der Waals surface area contributed by atoms with Crippen molar-refractivity contribution in [3.63, 3.8) is 0 Å². The molecule has 1 amide bonds. The molecule has 1 rings (SSSR count).